The van der Waals surface area contributed by atoms with Crippen molar-refractivity contribution in [2.45, 2.75) is 19.9 Å². The van der Waals surface area contributed by atoms with Crippen molar-refractivity contribution in [3.63, 3.8) is 0 Å². The lowest BCUT2D eigenvalue weighted by Gasteiger charge is -2.16. The fourth-order valence-electron chi connectivity index (χ4n) is 2.46. The molecular formula is C17H17ClN6O. The normalized spacial score (nSPS) is 11.8. The number of aromatic nitrogens is 4. The van der Waals surface area contributed by atoms with Crippen LogP contribution < -0.4 is 10.6 Å². The Morgan fingerprint density at radius 1 is 1.20 bits per heavy atom. The lowest BCUT2D eigenvalue weighted by Crippen LogP contribution is -2.31. The number of nitrogens with zero attached hydrogens (tertiary/aromatic N) is 4. The first-order valence-electron chi connectivity index (χ1n) is 7.70. The van der Waals surface area contributed by atoms with Crippen LogP contribution in [0.15, 0.2) is 48.8 Å². The molecule has 2 N–H and O–H groups in total. The Hall–Kier alpha value is -2.93. The first kappa shape index (κ1) is 16.9. The smallest absolute Gasteiger partial charge is 0.319 e. The molecule has 8 heteroatoms. The van der Waals surface area contributed by atoms with Crippen molar-refractivity contribution >= 4 is 23.3 Å². The van der Waals surface area contributed by atoms with Crippen molar-refractivity contribution in [2.75, 3.05) is 5.32 Å². The monoisotopic (exact) mass is 356 g/mol. The fourth-order valence-corrected chi connectivity index (χ4v) is 2.59. The third kappa shape index (κ3) is 4.13. The summed E-state index contributed by atoms with van der Waals surface area (Å²) in [4.78, 5) is 12.2. The van der Waals surface area contributed by atoms with E-state index in [0.717, 1.165) is 16.8 Å². The number of aryl methyl sites for hydroxylation is 1. The second-order valence-corrected chi connectivity index (χ2v) is 6.06. The Morgan fingerprint density at radius 3 is 2.60 bits per heavy atom. The van der Waals surface area contributed by atoms with Crippen LogP contribution in [0.4, 0.5) is 10.5 Å². The van der Waals surface area contributed by atoms with E-state index in [-0.39, 0.29) is 12.1 Å². The van der Waals surface area contributed by atoms with Gasteiger partial charge in [-0.2, -0.15) is 0 Å². The van der Waals surface area contributed by atoms with Crippen LogP contribution in [0.2, 0.25) is 5.02 Å². The summed E-state index contributed by atoms with van der Waals surface area (Å²) in [5.41, 5.74) is 3.46. The van der Waals surface area contributed by atoms with Crippen LogP contribution in [-0.4, -0.2) is 26.2 Å². The van der Waals surface area contributed by atoms with Crippen molar-refractivity contribution < 1.29 is 4.79 Å². The standard InChI is InChI=1S/C17H17ClN6O/c1-11-9-15(7-8-16(11)24-10-19-22-23-24)21-17(25)20-12(2)13-3-5-14(18)6-4-13/h3-10,12H,1-2H3,(H2,20,21,25)/t12-/m1/s1. The van der Waals surface area contributed by atoms with Crippen LogP contribution in [0, 0.1) is 6.92 Å². The second-order valence-electron chi connectivity index (χ2n) is 5.63. The number of halogens is 1. The molecule has 0 aliphatic heterocycles. The van der Waals surface area contributed by atoms with Crippen molar-refractivity contribution in [3.05, 3.63) is 64.9 Å². The summed E-state index contributed by atoms with van der Waals surface area (Å²) in [5, 5.41) is 17.5. The number of carbonyl (C=O) groups is 1. The van der Waals surface area contributed by atoms with E-state index in [9.17, 15) is 4.79 Å². The Kier molecular flexibility index (Phi) is 4.95. The molecule has 7 nitrogen and oxygen atoms in total. The predicted molar refractivity (Wildman–Crippen MR) is 95.9 cm³/mol. The molecule has 1 aromatic heterocycles. The van der Waals surface area contributed by atoms with E-state index in [1.54, 1.807) is 22.9 Å². The SMILES string of the molecule is Cc1cc(NC(=O)N[C@H](C)c2ccc(Cl)cc2)ccc1-n1cnnn1. The van der Waals surface area contributed by atoms with Crippen LogP contribution in [-0.2, 0) is 0 Å². The summed E-state index contributed by atoms with van der Waals surface area (Å²) in [6, 6.07) is 12.5. The third-order valence-electron chi connectivity index (χ3n) is 3.77. The van der Waals surface area contributed by atoms with Gasteiger partial charge in [-0.1, -0.05) is 23.7 Å². The molecule has 1 atom stereocenters. The molecular weight excluding hydrogens is 340 g/mol. The zero-order chi connectivity index (χ0) is 17.8. The van der Waals surface area contributed by atoms with E-state index >= 15 is 0 Å². The highest BCUT2D eigenvalue weighted by Gasteiger charge is 2.10. The highest BCUT2D eigenvalue weighted by molar-refractivity contribution is 6.30. The molecule has 128 valence electrons. The van der Waals surface area contributed by atoms with Gasteiger partial charge in [0.05, 0.1) is 11.7 Å². The van der Waals surface area contributed by atoms with Crippen molar-refractivity contribution in [1.29, 1.82) is 0 Å². The molecule has 1 heterocycles. The van der Waals surface area contributed by atoms with E-state index in [1.807, 2.05) is 38.1 Å². The maximum Gasteiger partial charge on any atom is 0.319 e. The molecule has 0 fully saturated rings. The minimum absolute atomic E-state index is 0.140. The van der Waals surface area contributed by atoms with Crippen LogP contribution in [0.5, 0.6) is 0 Å². The molecule has 0 bridgehead atoms. The second kappa shape index (κ2) is 7.31. The van der Waals surface area contributed by atoms with Gasteiger partial charge in [0.1, 0.15) is 6.33 Å². The number of amides is 2. The molecule has 2 amide bonds. The number of tetrazole rings is 1. The van der Waals surface area contributed by atoms with E-state index in [1.165, 1.54) is 6.33 Å². The number of urea groups is 1. The molecule has 0 saturated carbocycles. The maximum absolute atomic E-state index is 12.2. The van der Waals surface area contributed by atoms with Gasteiger partial charge in [0.2, 0.25) is 0 Å². The van der Waals surface area contributed by atoms with Gasteiger partial charge in [-0.05, 0) is 65.7 Å². The van der Waals surface area contributed by atoms with Gasteiger partial charge in [0.25, 0.3) is 0 Å². The number of rotatable bonds is 4. The average Bonchev–Trinajstić information content (AvgIpc) is 3.09. The first-order valence-corrected chi connectivity index (χ1v) is 8.08. The minimum atomic E-state index is -0.281. The zero-order valence-corrected chi connectivity index (χ0v) is 14.5. The van der Waals surface area contributed by atoms with Gasteiger partial charge >= 0.3 is 6.03 Å². The van der Waals surface area contributed by atoms with Crippen LogP contribution in [0.25, 0.3) is 5.69 Å². The van der Waals surface area contributed by atoms with Gasteiger partial charge in [0, 0.05) is 10.7 Å². The number of hydrogen-bond donors (Lipinski definition) is 2. The summed E-state index contributed by atoms with van der Waals surface area (Å²) in [6.07, 6.45) is 1.52. The van der Waals surface area contributed by atoms with Crippen molar-refractivity contribution in [1.82, 2.24) is 25.5 Å². The van der Waals surface area contributed by atoms with E-state index in [0.29, 0.717) is 10.7 Å². The molecule has 0 unspecified atom stereocenters. The maximum atomic E-state index is 12.2. The summed E-state index contributed by atoms with van der Waals surface area (Å²) < 4.78 is 1.57. The Labute approximate surface area is 150 Å². The summed E-state index contributed by atoms with van der Waals surface area (Å²) >= 11 is 5.88. The number of anilines is 1. The lowest BCUT2D eigenvalue weighted by molar-refractivity contribution is 0.249. The topological polar surface area (TPSA) is 84.7 Å². The van der Waals surface area contributed by atoms with Gasteiger partial charge in [0.15, 0.2) is 0 Å². The highest BCUT2D eigenvalue weighted by Crippen LogP contribution is 2.19. The van der Waals surface area contributed by atoms with Gasteiger partial charge in [-0.3, -0.25) is 0 Å². The summed E-state index contributed by atoms with van der Waals surface area (Å²) in [6.45, 7) is 3.84. The lowest BCUT2D eigenvalue weighted by atomic mass is 10.1. The Balaban J connectivity index is 1.64. The summed E-state index contributed by atoms with van der Waals surface area (Å²) in [5.74, 6) is 0. The van der Waals surface area contributed by atoms with Gasteiger partial charge in [-0.15, -0.1) is 5.10 Å². The average molecular weight is 357 g/mol. The molecule has 3 aromatic rings. The van der Waals surface area contributed by atoms with Crippen LogP contribution in [0.3, 0.4) is 0 Å². The molecule has 0 aliphatic carbocycles. The zero-order valence-electron chi connectivity index (χ0n) is 13.8. The molecule has 0 aliphatic rings. The molecule has 2 aromatic carbocycles. The quantitative estimate of drug-likeness (QED) is 0.749. The molecule has 25 heavy (non-hydrogen) atoms. The Bertz CT molecular complexity index is 863. The first-order chi connectivity index (χ1) is 12.0. The summed E-state index contributed by atoms with van der Waals surface area (Å²) in [7, 11) is 0. The predicted octanol–water partition coefficient (Wildman–Crippen LogP) is 3.51. The van der Waals surface area contributed by atoms with Gasteiger partial charge in [-0.25, -0.2) is 9.48 Å². The fraction of sp³-hybridized carbons (Fsp3) is 0.176. The molecule has 0 spiro atoms. The molecule has 0 saturated heterocycles. The van der Waals surface area contributed by atoms with E-state index in [2.05, 4.69) is 26.2 Å². The van der Waals surface area contributed by atoms with E-state index < -0.39 is 0 Å². The molecule has 3 rings (SSSR count). The third-order valence-corrected chi connectivity index (χ3v) is 4.02. The number of benzene rings is 2. The van der Waals surface area contributed by atoms with Crippen LogP contribution >= 0.6 is 11.6 Å². The van der Waals surface area contributed by atoms with Crippen molar-refractivity contribution in [2.24, 2.45) is 0 Å². The molecule has 0 radical (unpaired) electrons. The van der Waals surface area contributed by atoms with Crippen molar-refractivity contribution in [3.8, 4) is 5.69 Å². The van der Waals surface area contributed by atoms with Crippen LogP contribution in [0.1, 0.15) is 24.1 Å². The Morgan fingerprint density at radius 2 is 1.96 bits per heavy atom. The number of hydrogen-bond acceptors (Lipinski definition) is 4. The van der Waals surface area contributed by atoms with E-state index in [4.69, 9.17) is 11.6 Å². The number of nitrogens with one attached hydrogen (secondary N) is 2. The van der Waals surface area contributed by atoms with Gasteiger partial charge < -0.3 is 10.6 Å². The number of carbonyl (C=O) groups excluding carboxylic acids is 1. The largest absolute Gasteiger partial charge is 0.331 e. The minimum Gasteiger partial charge on any atom is -0.331 e. The highest BCUT2D eigenvalue weighted by atomic mass is 35.5.